The second kappa shape index (κ2) is 4.64. The van der Waals surface area contributed by atoms with Crippen molar-refractivity contribution in [3.05, 3.63) is 24.3 Å². The van der Waals surface area contributed by atoms with Crippen molar-refractivity contribution >= 4 is 5.69 Å². The molecule has 5 heteroatoms. The summed E-state index contributed by atoms with van der Waals surface area (Å²) < 4.78 is 1.99. The van der Waals surface area contributed by atoms with Crippen LogP contribution in [-0.2, 0) is 5.54 Å². The van der Waals surface area contributed by atoms with Crippen molar-refractivity contribution in [2.75, 3.05) is 5.73 Å². The summed E-state index contributed by atoms with van der Waals surface area (Å²) >= 11 is 0. The number of nitrogens with zero attached hydrogens (tertiary/aromatic N) is 4. The van der Waals surface area contributed by atoms with Gasteiger partial charge in [-0.3, -0.25) is 0 Å². The molecule has 1 aromatic carbocycles. The summed E-state index contributed by atoms with van der Waals surface area (Å²) in [5, 5.41) is 12.3. The lowest BCUT2D eigenvalue weighted by molar-refractivity contribution is 0.197. The monoisotopic (exact) mass is 257 g/mol. The average Bonchev–Trinajstić information content (AvgIpc) is 2.89. The normalized spacial score (nSPS) is 18.4. The zero-order valence-corrected chi connectivity index (χ0v) is 11.2. The molecule has 0 amide bonds. The van der Waals surface area contributed by atoms with Crippen LogP contribution in [0, 0.1) is 0 Å². The number of nitrogen functional groups attached to an aromatic ring is 1. The Morgan fingerprint density at radius 2 is 2.00 bits per heavy atom. The smallest absolute Gasteiger partial charge is 0.182 e. The lowest BCUT2D eigenvalue weighted by atomic mass is 9.83. The van der Waals surface area contributed by atoms with E-state index in [1.807, 2.05) is 28.9 Å². The predicted molar refractivity (Wildman–Crippen MR) is 74.4 cm³/mol. The number of anilines is 1. The van der Waals surface area contributed by atoms with Crippen LogP contribution < -0.4 is 5.73 Å². The summed E-state index contributed by atoms with van der Waals surface area (Å²) in [6, 6.07) is 7.74. The number of hydrogen-bond acceptors (Lipinski definition) is 4. The molecule has 2 aromatic rings. The highest BCUT2D eigenvalue weighted by molar-refractivity contribution is 5.60. The molecule has 1 heterocycles. The largest absolute Gasteiger partial charge is 0.399 e. The van der Waals surface area contributed by atoms with Gasteiger partial charge in [-0.1, -0.05) is 31.4 Å². The van der Waals surface area contributed by atoms with Crippen molar-refractivity contribution in [2.45, 2.75) is 44.6 Å². The van der Waals surface area contributed by atoms with E-state index in [9.17, 15) is 0 Å². The molecule has 0 aliphatic heterocycles. The predicted octanol–water partition coefficient (Wildman–Crippen LogP) is 2.60. The first-order chi connectivity index (χ1) is 9.19. The van der Waals surface area contributed by atoms with Gasteiger partial charge in [0, 0.05) is 11.3 Å². The maximum atomic E-state index is 5.85. The minimum absolute atomic E-state index is 0.0295. The summed E-state index contributed by atoms with van der Waals surface area (Å²) in [6.07, 6.45) is 6.06. The third-order valence-corrected chi connectivity index (χ3v) is 4.06. The zero-order valence-electron chi connectivity index (χ0n) is 11.2. The first-order valence-corrected chi connectivity index (χ1v) is 6.84. The number of aromatic nitrogens is 4. The summed E-state index contributed by atoms with van der Waals surface area (Å²) in [6.45, 7) is 2.25. The first kappa shape index (κ1) is 12.1. The average molecular weight is 257 g/mol. The van der Waals surface area contributed by atoms with Gasteiger partial charge in [0.05, 0.1) is 5.54 Å². The minimum atomic E-state index is 0.0295. The van der Waals surface area contributed by atoms with E-state index in [2.05, 4.69) is 22.4 Å². The van der Waals surface area contributed by atoms with Crippen LogP contribution in [0.25, 0.3) is 11.4 Å². The first-order valence-electron chi connectivity index (χ1n) is 6.84. The molecule has 1 aliphatic rings. The molecule has 0 radical (unpaired) electrons. The maximum Gasteiger partial charge on any atom is 0.182 e. The van der Waals surface area contributed by atoms with Crippen molar-refractivity contribution < 1.29 is 0 Å². The molecule has 3 rings (SSSR count). The highest BCUT2D eigenvalue weighted by atomic mass is 15.6. The molecule has 1 aliphatic carbocycles. The summed E-state index contributed by atoms with van der Waals surface area (Å²) in [5.41, 5.74) is 7.60. The SMILES string of the molecule is CC1(n2nnnc2-c2cccc(N)c2)CCCCC1. The van der Waals surface area contributed by atoms with E-state index < -0.39 is 0 Å². The molecule has 0 bridgehead atoms. The Bertz CT molecular complexity index is 569. The number of nitrogens with two attached hydrogens (primary N) is 1. The quantitative estimate of drug-likeness (QED) is 0.839. The summed E-state index contributed by atoms with van der Waals surface area (Å²) in [7, 11) is 0. The van der Waals surface area contributed by atoms with Crippen LogP contribution in [0.5, 0.6) is 0 Å². The van der Waals surface area contributed by atoms with Crippen molar-refractivity contribution in [1.82, 2.24) is 20.2 Å². The fourth-order valence-electron chi connectivity index (χ4n) is 2.93. The van der Waals surface area contributed by atoms with Crippen molar-refractivity contribution in [3.8, 4) is 11.4 Å². The van der Waals surface area contributed by atoms with Crippen molar-refractivity contribution in [2.24, 2.45) is 0 Å². The van der Waals surface area contributed by atoms with Gasteiger partial charge in [0.1, 0.15) is 0 Å². The molecule has 0 saturated heterocycles. The van der Waals surface area contributed by atoms with Gasteiger partial charge in [0.2, 0.25) is 0 Å². The zero-order chi connectivity index (χ0) is 13.3. The molecule has 1 saturated carbocycles. The highest BCUT2D eigenvalue weighted by Crippen LogP contribution is 2.36. The van der Waals surface area contributed by atoms with E-state index in [1.54, 1.807) is 0 Å². The molecule has 0 spiro atoms. The minimum Gasteiger partial charge on any atom is -0.399 e. The summed E-state index contributed by atoms with van der Waals surface area (Å²) in [5.74, 6) is 0.816. The van der Waals surface area contributed by atoms with E-state index in [0.717, 1.165) is 29.9 Å². The van der Waals surface area contributed by atoms with E-state index >= 15 is 0 Å². The molecular formula is C14H19N5. The van der Waals surface area contributed by atoms with Crippen molar-refractivity contribution in [3.63, 3.8) is 0 Å². The van der Waals surface area contributed by atoms with Gasteiger partial charge >= 0.3 is 0 Å². The Morgan fingerprint density at radius 3 is 2.74 bits per heavy atom. The van der Waals surface area contributed by atoms with Gasteiger partial charge in [-0.2, -0.15) is 0 Å². The van der Waals surface area contributed by atoms with Crippen LogP contribution in [0.4, 0.5) is 5.69 Å². The topological polar surface area (TPSA) is 69.6 Å². The van der Waals surface area contributed by atoms with Crippen LogP contribution >= 0.6 is 0 Å². The Labute approximate surface area is 112 Å². The van der Waals surface area contributed by atoms with Crippen LogP contribution in [0.2, 0.25) is 0 Å². The lowest BCUT2D eigenvalue weighted by Gasteiger charge is -2.33. The second-order valence-corrected chi connectivity index (χ2v) is 5.60. The molecule has 0 atom stereocenters. The molecule has 2 N–H and O–H groups in total. The van der Waals surface area contributed by atoms with E-state index in [0.29, 0.717) is 0 Å². The van der Waals surface area contributed by atoms with E-state index in [4.69, 9.17) is 5.73 Å². The van der Waals surface area contributed by atoms with E-state index in [-0.39, 0.29) is 5.54 Å². The van der Waals surface area contributed by atoms with Gasteiger partial charge in [0.25, 0.3) is 0 Å². The molecule has 19 heavy (non-hydrogen) atoms. The number of tetrazole rings is 1. The third kappa shape index (κ3) is 2.20. The van der Waals surface area contributed by atoms with Crippen LogP contribution in [0.3, 0.4) is 0 Å². The Balaban J connectivity index is 2.03. The Kier molecular flexibility index (Phi) is 2.97. The van der Waals surface area contributed by atoms with Crippen LogP contribution in [0.1, 0.15) is 39.0 Å². The van der Waals surface area contributed by atoms with Gasteiger partial charge in [-0.15, -0.1) is 5.10 Å². The molecule has 100 valence electrons. The molecule has 1 fully saturated rings. The summed E-state index contributed by atoms with van der Waals surface area (Å²) in [4.78, 5) is 0. The second-order valence-electron chi connectivity index (χ2n) is 5.60. The Morgan fingerprint density at radius 1 is 1.21 bits per heavy atom. The molecule has 1 aromatic heterocycles. The van der Waals surface area contributed by atoms with Gasteiger partial charge < -0.3 is 5.73 Å². The highest BCUT2D eigenvalue weighted by Gasteiger charge is 2.32. The number of benzene rings is 1. The maximum absolute atomic E-state index is 5.85. The van der Waals surface area contributed by atoms with Crippen LogP contribution in [-0.4, -0.2) is 20.2 Å². The molecule has 0 unspecified atom stereocenters. The molecular weight excluding hydrogens is 238 g/mol. The van der Waals surface area contributed by atoms with Crippen LogP contribution in [0.15, 0.2) is 24.3 Å². The standard InChI is InChI=1S/C14H19N5/c1-14(8-3-2-4-9-14)19-13(16-17-18-19)11-6-5-7-12(15)10-11/h5-7,10H,2-4,8-9,15H2,1H3. The number of rotatable bonds is 2. The van der Waals surface area contributed by atoms with Crippen molar-refractivity contribution in [1.29, 1.82) is 0 Å². The molecule has 5 nitrogen and oxygen atoms in total. The fraction of sp³-hybridized carbons (Fsp3) is 0.500. The number of hydrogen-bond donors (Lipinski definition) is 1. The fourth-order valence-corrected chi connectivity index (χ4v) is 2.93. The van der Waals surface area contributed by atoms with Gasteiger partial charge in [0.15, 0.2) is 5.82 Å². The Hall–Kier alpha value is -1.91. The lowest BCUT2D eigenvalue weighted by Crippen LogP contribution is -2.34. The van der Waals surface area contributed by atoms with Gasteiger partial charge in [-0.25, -0.2) is 4.68 Å². The van der Waals surface area contributed by atoms with E-state index in [1.165, 1.54) is 19.3 Å². The van der Waals surface area contributed by atoms with Gasteiger partial charge in [-0.05, 0) is 42.3 Å². The third-order valence-electron chi connectivity index (χ3n) is 4.06.